The number of rotatable bonds is 6. The first-order chi connectivity index (χ1) is 14.8. The zero-order valence-electron chi connectivity index (χ0n) is 16.9. The van der Waals surface area contributed by atoms with Gasteiger partial charge in [-0.15, -0.1) is 10.2 Å². The fraction of sp³-hybridized carbons (Fsp3) is 0.300. The highest BCUT2D eigenvalue weighted by molar-refractivity contribution is 8.01. The smallest absolute Gasteiger partial charge is 0.354 e. The molecule has 3 amide bonds. The second-order valence-corrected chi connectivity index (χ2v) is 9.39. The molecule has 0 spiro atoms. The van der Waals surface area contributed by atoms with E-state index in [2.05, 4.69) is 10.2 Å². The van der Waals surface area contributed by atoms with Crippen molar-refractivity contribution in [2.45, 2.75) is 24.2 Å². The molecular weight excluding hydrogens is 440 g/mol. The van der Waals surface area contributed by atoms with Crippen LogP contribution < -0.4 is 0 Å². The Morgan fingerprint density at radius 1 is 1.19 bits per heavy atom. The Bertz CT molecular complexity index is 1110. The summed E-state index contributed by atoms with van der Waals surface area (Å²) in [6, 6.07) is 5.51. The highest BCUT2D eigenvalue weighted by Crippen LogP contribution is 2.32. The zero-order chi connectivity index (χ0) is 22.3. The van der Waals surface area contributed by atoms with Gasteiger partial charge in [0.1, 0.15) is 16.7 Å². The van der Waals surface area contributed by atoms with E-state index in [1.807, 2.05) is 6.92 Å². The average molecular weight is 459 g/mol. The largest absolute Gasteiger partial charge is 0.464 e. The summed E-state index contributed by atoms with van der Waals surface area (Å²) in [5.74, 6) is -1.74. The third-order valence-corrected chi connectivity index (χ3v) is 7.16. The van der Waals surface area contributed by atoms with Gasteiger partial charge in [-0.05, 0) is 31.6 Å². The van der Waals surface area contributed by atoms with Crippen molar-refractivity contribution in [1.82, 2.24) is 20.0 Å². The van der Waals surface area contributed by atoms with Crippen LogP contribution in [0.25, 0.3) is 0 Å². The normalized spacial score (nSPS) is 18.7. The van der Waals surface area contributed by atoms with Gasteiger partial charge in [0.25, 0.3) is 17.7 Å². The van der Waals surface area contributed by atoms with Crippen LogP contribution in [0.2, 0.25) is 0 Å². The number of nitrogens with zero attached hydrogens (tertiary/aromatic N) is 4. The van der Waals surface area contributed by atoms with E-state index >= 15 is 0 Å². The molecule has 1 aromatic carbocycles. The Labute approximate surface area is 186 Å². The van der Waals surface area contributed by atoms with Gasteiger partial charge < -0.3 is 9.64 Å². The van der Waals surface area contributed by atoms with Gasteiger partial charge in [-0.3, -0.25) is 19.3 Å². The van der Waals surface area contributed by atoms with Crippen LogP contribution in [0.4, 0.5) is 0 Å². The molecule has 2 aliphatic heterocycles. The minimum atomic E-state index is -0.946. The Hall–Kier alpha value is -3.05. The molecule has 9 nitrogen and oxygen atoms in total. The molecule has 1 unspecified atom stereocenters. The van der Waals surface area contributed by atoms with Crippen LogP contribution in [0.1, 0.15) is 32.6 Å². The van der Waals surface area contributed by atoms with Crippen LogP contribution >= 0.6 is 23.1 Å². The topological polar surface area (TPSA) is 110 Å². The van der Waals surface area contributed by atoms with E-state index in [9.17, 15) is 19.2 Å². The Kier molecular flexibility index (Phi) is 5.63. The Morgan fingerprint density at radius 2 is 1.84 bits per heavy atom. The van der Waals surface area contributed by atoms with Crippen LogP contribution in [0.15, 0.2) is 39.9 Å². The molecule has 0 N–H and O–H groups in total. The van der Waals surface area contributed by atoms with Gasteiger partial charge in [-0.2, -0.15) is 0 Å². The molecule has 1 fully saturated rings. The number of carbonyl (C=O) groups excluding carboxylic acids is 4. The lowest BCUT2D eigenvalue weighted by molar-refractivity contribution is -0.151. The number of β-lactam (4-membered cyclic amide) rings is 1. The minimum Gasteiger partial charge on any atom is -0.464 e. The number of hydrogen-bond donors (Lipinski definition) is 0. The summed E-state index contributed by atoms with van der Waals surface area (Å²) in [4.78, 5) is 52.9. The van der Waals surface area contributed by atoms with E-state index in [0.717, 1.165) is 14.2 Å². The first-order valence-corrected chi connectivity index (χ1v) is 11.1. The number of aromatic nitrogens is 2. The summed E-state index contributed by atoms with van der Waals surface area (Å²) >= 11 is 2.84. The number of aryl methyl sites for hydroxylation is 1. The molecule has 1 atom stereocenters. The molecule has 1 saturated heterocycles. The number of methoxy groups -OCH3 is 1. The van der Waals surface area contributed by atoms with Crippen molar-refractivity contribution in [1.29, 1.82) is 0 Å². The quantitative estimate of drug-likeness (QED) is 0.212. The summed E-state index contributed by atoms with van der Waals surface area (Å²) in [5.41, 5.74) is 1.30. The maximum absolute atomic E-state index is 12.9. The lowest BCUT2D eigenvalue weighted by atomic mass is 10.0. The fourth-order valence-corrected chi connectivity index (χ4v) is 5.25. The first kappa shape index (κ1) is 21.2. The predicted octanol–water partition coefficient (Wildman–Crippen LogP) is 1.89. The van der Waals surface area contributed by atoms with Gasteiger partial charge in [-0.25, -0.2) is 4.79 Å². The summed E-state index contributed by atoms with van der Waals surface area (Å²) in [5, 5.41) is 8.83. The van der Waals surface area contributed by atoms with Crippen LogP contribution in [-0.2, 0) is 14.3 Å². The van der Waals surface area contributed by atoms with Crippen LogP contribution in [0, 0.1) is 6.92 Å². The van der Waals surface area contributed by atoms with Crippen LogP contribution in [0.5, 0.6) is 0 Å². The number of ether oxygens (including phenoxy) is 1. The monoisotopic (exact) mass is 458 g/mol. The van der Waals surface area contributed by atoms with E-state index in [1.54, 1.807) is 31.2 Å². The summed E-state index contributed by atoms with van der Waals surface area (Å²) < 4.78 is 5.63. The molecule has 1 aromatic heterocycles. The van der Waals surface area contributed by atoms with Crippen molar-refractivity contribution in [2.75, 3.05) is 19.4 Å². The Morgan fingerprint density at radius 3 is 2.35 bits per heavy atom. The third kappa shape index (κ3) is 3.63. The number of fused-ring (bicyclic) bond motifs is 1. The predicted molar refractivity (Wildman–Crippen MR) is 113 cm³/mol. The summed E-state index contributed by atoms with van der Waals surface area (Å²) in [7, 11) is 1.24. The van der Waals surface area contributed by atoms with Gasteiger partial charge in [0.2, 0.25) is 0 Å². The number of carbonyl (C=O) groups is 4. The number of imide groups is 1. The Balaban J connectivity index is 1.53. The second kappa shape index (κ2) is 8.23. The van der Waals surface area contributed by atoms with Crippen LogP contribution in [0.3, 0.4) is 0 Å². The van der Waals surface area contributed by atoms with Gasteiger partial charge in [-0.1, -0.05) is 35.2 Å². The van der Waals surface area contributed by atoms with Gasteiger partial charge in [0.15, 0.2) is 4.34 Å². The van der Waals surface area contributed by atoms with E-state index in [4.69, 9.17) is 4.74 Å². The minimum absolute atomic E-state index is 0.0364. The first-order valence-electron chi connectivity index (χ1n) is 9.32. The van der Waals surface area contributed by atoms with Crippen molar-refractivity contribution in [3.63, 3.8) is 0 Å². The maximum Gasteiger partial charge on any atom is 0.354 e. The number of benzene rings is 1. The second-order valence-electron chi connectivity index (χ2n) is 6.99. The molecular formula is C20H18N4O5S2. The third-order valence-electron chi connectivity index (χ3n) is 5.02. The van der Waals surface area contributed by atoms with E-state index in [0.29, 0.717) is 11.3 Å². The molecule has 31 heavy (non-hydrogen) atoms. The van der Waals surface area contributed by atoms with Gasteiger partial charge in [0, 0.05) is 5.75 Å². The lowest BCUT2D eigenvalue weighted by Gasteiger charge is -2.42. The molecule has 0 radical (unpaired) electrons. The highest BCUT2D eigenvalue weighted by atomic mass is 32.2. The summed E-state index contributed by atoms with van der Waals surface area (Å²) in [6.07, 6.45) is 0. The molecule has 0 aliphatic carbocycles. The van der Waals surface area contributed by atoms with Crippen molar-refractivity contribution < 1.29 is 23.9 Å². The van der Waals surface area contributed by atoms with Crippen LogP contribution in [-0.4, -0.2) is 69.1 Å². The van der Waals surface area contributed by atoms with Gasteiger partial charge in [0.05, 0.1) is 24.8 Å². The van der Waals surface area contributed by atoms with E-state index in [1.165, 1.54) is 35.1 Å². The number of hydrogen-bond acceptors (Lipinski definition) is 9. The number of esters is 1. The summed E-state index contributed by atoms with van der Waals surface area (Å²) in [6.45, 7) is 3.62. The number of likely N-dealkylation sites (tertiary alicyclic amines) is 1. The molecule has 2 aliphatic rings. The van der Waals surface area contributed by atoms with E-state index < -0.39 is 29.7 Å². The maximum atomic E-state index is 12.9. The van der Waals surface area contributed by atoms with E-state index in [-0.39, 0.29) is 23.4 Å². The van der Waals surface area contributed by atoms with Crippen molar-refractivity contribution in [3.8, 4) is 0 Å². The van der Waals surface area contributed by atoms with Crippen molar-refractivity contribution in [2.24, 2.45) is 0 Å². The fourth-order valence-electron chi connectivity index (χ4n) is 3.48. The van der Waals surface area contributed by atoms with Crippen molar-refractivity contribution >= 4 is 46.8 Å². The molecule has 0 bridgehead atoms. The molecule has 11 heteroatoms. The van der Waals surface area contributed by atoms with Crippen molar-refractivity contribution in [3.05, 3.63) is 51.7 Å². The molecule has 0 saturated carbocycles. The zero-order valence-corrected chi connectivity index (χ0v) is 18.6. The number of amides is 3. The molecule has 160 valence electrons. The number of thioether (sulfide) groups is 1. The molecule has 2 aromatic rings. The lowest BCUT2D eigenvalue weighted by Crippen LogP contribution is -2.65. The van der Waals surface area contributed by atoms with Gasteiger partial charge >= 0.3 is 5.97 Å². The molecule has 3 heterocycles. The standard InChI is InChI=1S/C20H18N4O5S2/c1-10(9-30-20-22-21-11(2)31-20)15(19(28)29-3)23-8-14(18(23)27)24-16(25)12-6-4-5-7-13(12)17(24)26/h4-7,14H,8-9H2,1-3H3. The molecule has 4 rings (SSSR count). The SMILES string of the molecule is COC(=O)C(=C(C)CSc1nnc(C)s1)N1CC(N2C(=O)c3ccccc3C2=O)C1=O. The average Bonchev–Trinajstić information content (AvgIpc) is 3.30. The highest BCUT2D eigenvalue weighted by Gasteiger charge is 2.51.